The number of hydrogen-bond acceptors (Lipinski definition) is 5. The molecule has 2 aromatic rings. The smallest absolute Gasteiger partial charge is 0.310 e. The maximum atomic E-state index is 12.0. The van der Waals surface area contributed by atoms with Crippen LogP contribution in [0.3, 0.4) is 0 Å². The van der Waals surface area contributed by atoms with Crippen molar-refractivity contribution in [3.63, 3.8) is 0 Å². The van der Waals surface area contributed by atoms with E-state index in [0.29, 0.717) is 6.61 Å². The molecule has 0 saturated carbocycles. The number of piperidine rings is 1. The molecular weight excluding hydrogens is 316 g/mol. The maximum absolute atomic E-state index is 12.0. The molecule has 0 N–H and O–H groups in total. The Morgan fingerprint density at radius 3 is 3.09 bits per heavy atom. The van der Waals surface area contributed by atoms with Gasteiger partial charge < -0.3 is 9.30 Å². The third-order valence-corrected chi connectivity index (χ3v) is 5.47. The Labute approximate surface area is 139 Å². The molecule has 1 aliphatic heterocycles. The zero-order valence-corrected chi connectivity index (χ0v) is 14.3. The number of carbonyl (C=O) groups is 1. The van der Waals surface area contributed by atoms with Crippen LogP contribution in [0.25, 0.3) is 10.2 Å². The van der Waals surface area contributed by atoms with Gasteiger partial charge in [-0.1, -0.05) is 12.1 Å². The summed E-state index contributed by atoms with van der Waals surface area (Å²) in [6, 6.07) is 8.28. The maximum Gasteiger partial charge on any atom is 0.310 e. The SMILES string of the molecule is CCOC(=O)C1CCCN(Cn2c(=S)sc3ccccc32)C1. The highest BCUT2D eigenvalue weighted by Gasteiger charge is 2.27. The molecule has 6 heteroatoms. The molecule has 1 saturated heterocycles. The molecule has 1 atom stereocenters. The highest BCUT2D eigenvalue weighted by molar-refractivity contribution is 7.73. The minimum absolute atomic E-state index is 0.00669. The summed E-state index contributed by atoms with van der Waals surface area (Å²) in [7, 11) is 0. The van der Waals surface area contributed by atoms with E-state index in [4.69, 9.17) is 17.0 Å². The topological polar surface area (TPSA) is 34.5 Å². The summed E-state index contributed by atoms with van der Waals surface area (Å²) >= 11 is 7.15. The second kappa shape index (κ2) is 6.89. The molecule has 0 bridgehead atoms. The Morgan fingerprint density at radius 1 is 1.45 bits per heavy atom. The number of carbonyl (C=O) groups excluding carboxylic acids is 1. The van der Waals surface area contributed by atoms with E-state index >= 15 is 0 Å². The van der Waals surface area contributed by atoms with E-state index in [2.05, 4.69) is 21.6 Å². The highest BCUT2D eigenvalue weighted by atomic mass is 32.1. The minimum Gasteiger partial charge on any atom is -0.466 e. The van der Waals surface area contributed by atoms with Gasteiger partial charge in [0.15, 0.2) is 3.95 Å². The highest BCUT2D eigenvalue weighted by Crippen LogP contribution is 2.25. The first-order valence-corrected chi connectivity index (χ1v) is 8.89. The molecule has 1 aromatic carbocycles. The Bertz CT molecular complexity index is 722. The fourth-order valence-corrected chi connectivity index (χ4v) is 4.29. The van der Waals surface area contributed by atoms with Crippen molar-refractivity contribution in [2.45, 2.75) is 26.4 Å². The van der Waals surface area contributed by atoms with Crippen LogP contribution >= 0.6 is 23.6 Å². The number of ether oxygens (including phenoxy) is 1. The Morgan fingerprint density at radius 2 is 2.27 bits per heavy atom. The van der Waals surface area contributed by atoms with Crippen molar-refractivity contribution in [3.05, 3.63) is 28.2 Å². The zero-order chi connectivity index (χ0) is 15.5. The van der Waals surface area contributed by atoms with Crippen molar-refractivity contribution in [2.75, 3.05) is 19.7 Å². The molecule has 0 spiro atoms. The number of benzene rings is 1. The van der Waals surface area contributed by atoms with Crippen LogP contribution in [0.1, 0.15) is 19.8 Å². The molecule has 0 amide bonds. The molecule has 118 valence electrons. The Kier molecular flexibility index (Phi) is 4.90. The standard InChI is InChI=1S/C16H20N2O2S2/c1-2-20-15(19)12-6-5-9-17(10-12)11-18-13-7-3-4-8-14(13)22-16(18)21/h3-4,7-8,12H,2,5-6,9-11H2,1H3. The van der Waals surface area contributed by atoms with Gasteiger partial charge in [-0.15, -0.1) is 11.3 Å². The lowest BCUT2D eigenvalue weighted by atomic mass is 9.98. The molecule has 1 aromatic heterocycles. The summed E-state index contributed by atoms with van der Waals surface area (Å²) in [4.78, 5) is 14.3. The van der Waals surface area contributed by atoms with E-state index in [1.54, 1.807) is 11.3 Å². The molecule has 22 heavy (non-hydrogen) atoms. The lowest BCUT2D eigenvalue weighted by Crippen LogP contribution is -2.40. The summed E-state index contributed by atoms with van der Waals surface area (Å²) in [6.07, 6.45) is 1.95. The van der Waals surface area contributed by atoms with E-state index in [1.165, 1.54) is 10.2 Å². The molecule has 1 fully saturated rings. The van der Waals surface area contributed by atoms with Crippen LogP contribution < -0.4 is 0 Å². The third kappa shape index (κ3) is 3.24. The fraction of sp³-hybridized carbons (Fsp3) is 0.500. The zero-order valence-electron chi connectivity index (χ0n) is 12.7. The van der Waals surface area contributed by atoms with E-state index < -0.39 is 0 Å². The van der Waals surface area contributed by atoms with E-state index in [1.807, 2.05) is 19.1 Å². The van der Waals surface area contributed by atoms with Crippen LogP contribution in [-0.4, -0.2) is 35.1 Å². The van der Waals surface area contributed by atoms with Gasteiger partial charge in [0.25, 0.3) is 0 Å². The number of fused-ring (bicyclic) bond motifs is 1. The van der Waals surface area contributed by atoms with Crippen LogP contribution in [0, 0.1) is 9.87 Å². The molecule has 3 rings (SSSR count). The van der Waals surface area contributed by atoms with Crippen molar-refractivity contribution >= 4 is 39.7 Å². The van der Waals surface area contributed by atoms with Gasteiger partial charge in [-0.05, 0) is 50.7 Å². The average Bonchev–Trinajstić information content (AvgIpc) is 2.84. The largest absolute Gasteiger partial charge is 0.466 e. The van der Waals surface area contributed by atoms with Crippen LogP contribution in [0.5, 0.6) is 0 Å². The van der Waals surface area contributed by atoms with Gasteiger partial charge in [0, 0.05) is 6.54 Å². The average molecular weight is 336 g/mol. The van der Waals surface area contributed by atoms with Crippen molar-refractivity contribution in [1.82, 2.24) is 9.47 Å². The molecule has 2 heterocycles. The fourth-order valence-electron chi connectivity index (χ4n) is 2.98. The molecule has 0 aliphatic carbocycles. The second-order valence-electron chi connectivity index (χ2n) is 5.57. The number of aromatic nitrogens is 1. The lowest BCUT2D eigenvalue weighted by molar-refractivity contribution is -0.150. The van der Waals surface area contributed by atoms with Crippen LogP contribution in [0.4, 0.5) is 0 Å². The number of esters is 1. The van der Waals surface area contributed by atoms with Gasteiger partial charge >= 0.3 is 5.97 Å². The first kappa shape index (κ1) is 15.6. The molecule has 4 nitrogen and oxygen atoms in total. The molecule has 1 unspecified atom stereocenters. The van der Waals surface area contributed by atoms with Crippen LogP contribution in [-0.2, 0) is 16.2 Å². The van der Waals surface area contributed by atoms with Gasteiger partial charge in [-0.3, -0.25) is 9.69 Å². The molecule has 0 radical (unpaired) electrons. The van der Waals surface area contributed by atoms with Gasteiger partial charge in [0.1, 0.15) is 0 Å². The van der Waals surface area contributed by atoms with E-state index in [-0.39, 0.29) is 11.9 Å². The van der Waals surface area contributed by atoms with Crippen LogP contribution in [0.15, 0.2) is 24.3 Å². The normalized spacial score (nSPS) is 19.4. The first-order chi connectivity index (χ1) is 10.7. The lowest BCUT2D eigenvalue weighted by Gasteiger charge is -2.31. The number of rotatable bonds is 4. The second-order valence-corrected chi connectivity index (χ2v) is 7.25. The number of para-hydroxylation sites is 1. The van der Waals surface area contributed by atoms with Gasteiger partial charge in [0.2, 0.25) is 0 Å². The van der Waals surface area contributed by atoms with Crippen molar-refractivity contribution in [2.24, 2.45) is 5.92 Å². The Balaban J connectivity index is 1.76. The summed E-state index contributed by atoms with van der Waals surface area (Å²) < 4.78 is 9.44. The predicted molar refractivity (Wildman–Crippen MR) is 91.6 cm³/mol. The summed E-state index contributed by atoms with van der Waals surface area (Å²) in [5, 5.41) is 0. The Hall–Kier alpha value is -1.24. The van der Waals surface area contributed by atoms with Gasteiger partial charge in [0.05, 0.1) is 29.4 Å². The minimum atomic E-state index is -0.0639. The van der Waals surface area contributed by atoms with E-state index in [9.17, 15) is 4.79 Å². The summed E-state index contributed by atoms with van der Waals surface area (Å²) in [5.74, 6) is -0.0706. The third-order valence-electron chi connectivity index (χ3n) is 4.04. The first-order valence-electron chi connectivity index (χ1n) is 7.66. The monoisotopic (exact) mass is 336 g/mol. The summed E-state index contributed by atoms with van der Waals surface area (Å²) in [6.45, 7) is 4.82. The predicted octanol–water partition coefficient (Wildman–Crippen LogP) is 3.66. The van der Waals surface area contributed by atoms with Crippen LogP contribution in [0.2, 0.25) is 0 Å². The van der Waals surface area contributed by atoms with Crippen molar-refractivity contribution in [1.29, 1.82) is 0 Å². The van der Waals surface area contributed by atoms with Gasteiger partial charge in [-0.25, -0.2) is 0 Å². The summed E-state index contributed by atoms with van der Waals surface area (Å²) in [5.41, 5.74) is 1.18. The number of nitrogens with zero attached hydrogens (tertiary/aromatic N) is 2. The molecule has 1 aliphatic rings. The van der Waals surface area contributed by atoms with Gasteiger partial charge in [-0.2, -0.15) is 0 Å². The molecular formula is C16H20N2O2S2. The van der Waals surface area contributed by atoms with Crippen molar-refractivity contribution < 1.29 is 9.53 Å². The van der Waals surface area contributed by atoms with Crippen molar-refractivity contribution in [3.8, 4) is 0 Å². The number of thiazole rings is 1. The number of likely N-dealkylation sites (tertiary alicyclic amines) is 1. The quantitative estimate of drug-likeness (QED) is 0.630. The van der Waals surface area contributed by atoms with E-state index in [0.717, 1.165) is 36.6 Å². The number of hydrogen-bond donors (Lipinski definition) is 0.